The number of rotatable bonds is 11. The number of unbranched alkanes of at least 4 members (excludes halogenated alkanes) is 5. The van der Waals surface area contributed by atoms with Gasteiger partial charge in [0.25, 0.3) is 0 Å². The summed E-state index contributed by atoms with van der Waals surface area (Å²) in [5.74, 6) is 0. The molecule has 1 aliphatic carbocycles. The maximum Gasteiger partial charge on any atom is 0.0658 e. The van der Waals surface area contributed by atoms with Gasteiger partial charge in [0.05, 0.1) is 6.10 Å². The normalized spacial score (nSPS) is 30.3. The minimum absolute atomic E-state index is 0.359. The molecule has 2 nitrogen and oxygen atoms in total. The van der Waals surface area contributed by atoms with Crippen LogP contribution in [0, 0.1) is 5.41 Å². The van der Waals surface area contributed by atoms with E-state index in [1.165, 1.54) is 51.4 Å². The molecule has 1 aliphatic rings. The zero-order valence-corrected chi connectivity index (χ0v) is 13.6. The molecule has 2 heteroatoms. The molecule has 0 spiro atoms. The lowest BCUT2D eigenvalue weighted by atomic mass is 9.61. The average Bonchev–Trinajstić information content (AvgIpc) is 2.43. The van der Waals surface area contributed by atoms with Gasteiger partial charge in [-0.05, 0) is 25.8 Å². The average molecular weight is 269 g/mol. The summed E-state index contributed by atoms with van der Waals surface area (Å²) in [7, 11) is 0. The minimum atomic E-state index is 0.359. The molecule has 1 saturated carbocycles. The third-order valence-corrected chi connectivity index (χ3v) is 5.01. The van der Waals surface area contributed by atoms with Crippen LogP contribution >= 0.6 is 0 Å². The second-order valence-electron chi connectivity index (χ2n) is 6.33. The molecule has 0 aliphatic heterocycles. The van der Waals surface area contributed by atoms with E-state index in [-0.39, 0.29) is 0 Å². The van der Waals surface area contributed by atoms with Gasteiger partial charge in [0.15, 0.2) is 0 Å². The first-order valence-corrected chi connectivity index (χ1v) is 8.54. The quantitative estimate of drug-likeness (QED) is 0.556. The van der Waals surface area contributed by atoms with Crippen LogP contribution in [-0.4, -0.2) is 25.3 Å². The van der Waals surface area contributed by atoms with Gasteiger partial charge >= 0.3 is 0 Å². The van der Waals surface area contributed by atoms with E-state index < -0.39 is 0 Å². The van der Waals surface area contributed by atoms with E-state index in [1.54, 1.807) is 0 Å². The van der Waals surface area contributed by atoms with Crippen LogP contribution in [0.5, 0.6) is 0 Å². The number of ether oxygens (including phenoxy) is 1. The first kappa shape index (κ1) is 17.0. The van der Waals surface area contributed by atoms with E-state index in [9.17, 15) is 0 Å². The third-order valence-electron chi connectivity index (χ3n) is 5.01. The van der Waals surface area contributed by atoms with Crippen molar-refractivity contribution in [3.63, 3.8) is 0 Å². The summed E-state index contributed by atoms with van der Waals surface area (Å²) in [6.07, 6.45) is 11.0. The summed E-state index contributed by atoms with van der Waals surface area (Å²) in [4.78, 5) is 0. The Balaban J connectivity index is 2.10. The zero-order chi connectivity index (χ0) is 14.1. The van der Waals surface area contributed by atoms with Gasteiger partial charge < -0.3 is 10.1 Å². The fourth-order valence-electron chi connectivity index (χ4n) is 3.22. The maximum absolute atomic E-state index is 6.13. The maximum atomic E-state index is 6.13. The van der Waals surface area contributed by atoms with Crippen molar-refractivity contribution in [2.24, 2.45) is 5.41 Å². The number of hydrogen-bond acceptors (Lipinski definition) is 2. The Labute approximate surface area is 120 Å². The molecule has 0 radical (unpaired) electrons. The van der Waals surface area contributed by atoms with Crippen molar-refractivity contribution in [2.75, 3.05) is 13.2 Å². The van der Waals surface area contributed by atoms with Gasteiger partial charge in [-0.25, -0.2) is 0 Å². The lowest BCUT2D eigenvalue weighted by molar-refractivity contribution is -0.129. The molecule has 0 aromatic heterocycles. The fourth-order valence-corrected chi connectivity index (χ4v) is 3.22. The Morgan fingerprint density at radius 1 is 1.05 bits per heavy atom. The molecule has 1 rings (SSSR count). The summed E-state index contributed by atoms with van der Waals surface area (Å²) in [5.41, 5.74) is 0.359. The van der Waals surface area contributed by atoms with Crippen LogP contribution in [0.4, 0.5) is 0 Å². The number of hydrogen-bond donors (Lipinski definition) is 1. The summed E-state index contributed by atoms with van der Waals surface area (Å²) < 4.78 is 6.13. The van der Waals surface area contributed by atoms with Gasteiger partial charge in [-0.2, -0.15) is 0 Å². The van der Waals surface area contributed by atoms with Crippen LogP contribution in [-0.2, 0) is 4.74 Å². The van der Waals surface area contributed by atoms with Crippen molar-refractivity contribution in [1.29, 1.82) is 0 Å². The highest BCUT2D eigenvalue weighted by molar-refractivity contribution is 5.04. The molecule has 0 heterocycles. The second-order valence-corrected chi connectivity index (χ2v) is 6.33. The summed E-state index contributed by atoms with van der Waals surface area (Å²) in [6.45, 7) is 11.2. The second kappa shape index (κ2) is 8.97. The predicted molar refractivity (Wildman–Crippen MR) is 83.6 cm³/mol. The standard InChI is InChI=1S/C17H35NO/c1-5-8-9-10-11-12-13-19-16-14-15(18-7-3)17(16,4)6-2/h15-16,18H,5-14H2,1-4H3. The summed E-state index contributed by atoms with van der Waals surface area (Å²) in [5, 5.41) is 3.60. The van der Waals surface area contributed by atoms with Crippen LogP contribution in [0.3, 0.4) is 0 Å². The fraction of sp³-hybridized carbons (Fsp3) is 1.00. The van der Waals surface area contributed by atoms with E-state index in [4.69, 9.17) is 4.74 Å². The van der Waals surface area contributed by atoms with Crippen LogP contribution < -0.4 is 5.32 Å². The van der Waals surface area contributed by atoms with Gasteiger partial charge in [-0.1, -0.05) is 59.8 Å². The van der Waals surface area contributed by atoms with Crippen molar-refractivity contribution < 1.29 is 4.74 Å². The van der Waals surface area contributed by atoms with Crippen molar-refractivity contribution in [1.82, 2.24) is 5.32 Å². The van der Waals surface area contributed by atoms with Gasteiger partial charge in [0, 0.05) is 18.1 Å². The van der Waals surface area contributed by atoms with Crippen molar-refractivity contribution in [3.05, 3.63) is 0 Å². The molecule has 3 unspecified atom stereocenters. The van der Waals surface area contributed by atoms with Gasteiger partial charge in [0.1, 0.15) is 0 Å². The lowest BCUT2D eigenvalue weighted by Gasteiger charge is -2.53. The first-order chi connectivity index (χ1) is 9.19. The van der Waals surface area contributed by atoms with Gasteiger partial charge in [-0.15, -0.1) is 0 Å². The molecule has 0 amide bonds. The highest BCUT2D eigenvalue weighted by atomic mass is 16.5. The molecule has 1 N–H and O–H groups in total. The van der Waals surface area contributed by atoms with E-state index in [0.29, 0.717) is 17.6 Å². The number of nitrogens with one attached hydrogen (secondary N) is 1. The van der Waals surface area contributed by atoms with Crippen molar-refractivity contribution in [3.8, 4) is 0 Å². The molecule has 19 heavy (non-hydrogen) atoms. The van der Waals surface area contributed by atoms with Gasteiger partial charge in [0.2, 0.25) is 0 Å². The molecule has 0 aromatic rings. The van der Waals surface area contributed by atoms with E-state index in [0.717, 1.165) is 13.2 Å². The highest BCUT2D eigenvalue weighted by Crippen LogP contribution is 2.45. The molecule has 0 saturated heterocycles. The predicted octanol–water partition coefficient (Wildman–Crippen LogP) is 4.53. The smallest absolute Gasteiger partial charge is 0.0658 e. The highest BCUT2D eigenvalue weighted by Gasteiger charge is 2.50. The van der Waals surface area contributed by atoms with E-state index >= 15 is 0 Å². The van der Waals surface area contributed by atoms with E-state index in [2.05, 4.69) is 33.0 Å². The minimum Gasteiger partial charge on any atom is -0.378 e. The largest absolute Gasteiger partial charge is 0.378 e. The van der Waals surface area contributed by atoms with Gasteiger partial charge in [-0.3, -0.25) is 0 Å². The molecular weight excluding hydrogens is 234 g/mol. The molecule has 0 aromatic carbocycles. The zero-order valence-electron chi connectivity index (χ0n) is 13.6. The van der Waals surface area contributed by atoms with Crippen molar-refractivity contribution >= 4 is 0 Å². The van der Waals surface area contributed by atoms with Crippen LogP contribution in [0.15, 0.2) is 0 Å². The monoisotopic (exact) mass is 269 g/mol. The third kappa shape index (κ3) is 4.75. The SMILES string of the molecule is CCCCCCCCOC1CC(NCC)C1(C)CC. The van der Waals surface area contributed by atoms with E-state index in [1.807, 2.05) is 0 Å². The molecule has 3 atom stereocenters. The topological polar surface area (TPSA) is 21.3 Å². The molecule has 0 bridgehead atoms. The Bertz CT molecular complexity index is 231. The van der Waals surface area contributed by atoms with Crippen LogP contribution in [0.1, 0.15) is 79.1 Å². The Morgan fingerprint density at radius 3 is 2.37 bits per heavy atom. The summed E-state index contributed by atoms with van der Waals surface area (Å²) in [6, 6.07) is 0.664. The van der Waals surface area contributed by atoms with Crippen molar-refractivity contribution in [2.45, 2.75) is 91.2 Å². The van der Waals surface area contributed by atoms with Crippen LogP contribution in [0.25, 0.3) is 0 Å². The molecule has 1 fully saturated rings. The Morgan fingerprint density at radius 2 is 1.74 bits per heavy atom. The molecular formula is C17H35NO. The lowest BCUT2D eigenvalue weighted by Crippen LogP contribution is -2.62. The van der Waals surface area contributed by atoms with Crippen LogP contribution in [0.2, 0.25) is 0 Å². The summed E-state index contributed by atoms with van der Waals surface area (Å²) >= 11 is 0. The Kier molecular flexibility index (Phi) is 8.01. The Hall–Kier alpha value is -0.0800. The first-order valence-electron chi connectivity index (χ1n) is 8.54. The molecule has 114 valence electrons.